The molecule has 0 aliphatic carbocycles. The molecule has 1 N–H and O–H groups in total. The van der Waals surface area contributed by atoms with Crippen LogP contribution in [0.15, 0.2) is 18.2 Å². The number of methoxy groups -OCH3 is 1. The molecule has 84 valence electrons. The van der Waals surface area contributed by atoms with Crippen molar-refractivity contribution in [2.75, 3.05) is 19.0 Å². The summed E-state index contributed by atoms with van der Waals surface area (Å²) in [6.07, 6.45) is 0.973. The second-order valence-electron chi connectivity index (χ2n) is 3.81. The van der Waals surface area contributed by atoms with Crippen LogP contribution < -0.4 is 5.32 Å². The first kappa shape index (κ1) is 12.3. The Morgan fingerprint density at radius 3 is 2.80 bits per heavy atom. The third kappa shape index (κ3) is 4.10. The molecule has 0 aliphatic rings. The third-order valence-corrected chi connectivity index (χ3v) is 2.59. The third-order valence-electron chi connectivity index (χ3n) is 2.28. The number of nitrogens with one attached hydrogen (secondary N) is 1. The fourth-order valence-corrected chi connectivity index (χ4v) is 1.66. The predicted octanol–water partition coefficient (Wildman–Crippen LogP) is 3.49. The number of hydrogen-bond acceptors (Lipinski definition) is 2. The molecule has 0 radical (unpaired) electrons. The lowest BCUT2D eigenvalue weighted by Crippen LogP contribution is -2.17. The normalized spacial score (nSPS) is 12.5. The Morgan fingerprint density at radius 2 is 2.20 bits per heavy atom. The van der Waals surface area contributed by atoms with Gasteiger partial charge >= 0.3 is 0 Å². The Hall–Kier alpha value is -0.730. The first-order valence-electron chi connectivity index (χ1n) is 5.15. The average Bonchev–Trinajstić information content (AvgIpc) is 2.19. The average molecular weight is 228 g/mol. The molecule has 0 saturated heterocycles. The van der Waals surface area contributed by atoms with Crippen LogP contribution in [0.2, 0.25) is 5.02 Å². The largest absolute Gasteiger partial charge is 0.385 e. The van der Waals surface area contributed by atoms with Gasteiger partial charge in [0.25, 0.3) is 0 Å². The van der Waals surface area contributed by atoms with Gasteiger partial charge in [-0.2, -0.15) is 0 Å². The van der Waals surface area contributed by atoms with Gasteiger partial charge in [-0.3, -0.25) is 0 Å². The molecule has 15 heavy (non-hydrogen) atoms. The van der Waals surface area contributed by atoms with Gasteiger partial charge in [-0.15, -0.1) is 0 Å². The van der Waals surface area contributed by atoms with E-state index >= 15 is 0 Å². The first-order valence-corrected chi connectivity index (χ1v) is 5.53. The molecule has 1 atom stereocenters. The van der Waals surface area contributed by atoms with Crippen molar-refractivity contribution in [1.82, 2.24) is 0 Å². The molecule has 0 bridgehead atoms. The van der Waals surface area contributed by atoms with Crippen LogP contribution in [0.3, 0.4) is 0 Å². The lowest BCUT2D eigenvalue weighted by Gasteiger charge is -2.16. The summed E-state index contributed by atoms with van der Waals surface area (Å²) in [5.74, 6) is 0. The molecular formula is C12H18ClNO. The van der Waals surface area contributed by atoms with Gasteiger partial charge in [0.1, 0.15) is 0 Å². The molecule has 1 aromatic rings. The number of hydrogen-bond donors (Lipinski definition) is 1. The standard InChI is InChI=1S/C12H18ClNO/c1-9-4-5-12(11(13)8-9)14-10(2)6-7-15-3/h4-5,8,10,14H,6-7H2,1-3H3. The fraction of sp³-hybridized carbons (Fsp3) is 0.500. The summed E-state index contributed by atoms with van der Waals surface area (Å²) in [7, 11) is 1.71. The molecule has 2 nitrogen and oxygen atoms in total. The van der Waals surface area contributed by atoms with Crippen molar-refractivity contribution in [3.8, 4) is 0 Å². The van der Waals surface area contributed by atoms with Gasteiger partial charge in [0.15, 0.2) is 0 Å². The van der Waals surface area contributed by atoms with Crippen molar-refractivity contribution in [3.63, 3.8) is 0 Å². The summed E-state index contributed by atoms with van der Waals surface area (Å²) >= 11 is 6.11. The summed E-state index contributed by atoms with van der Waals surface area (Å²) in [5.41, 5.74) is 2.17. The Kier molecular flexibility index (Phi) is 4.92. The molecule has 0 spiro atoms. The zero-order valence-electron chi connectivity index (χ0n) is 9.51. The van der Waals surface area contributed by atoms with E-state index in [4.69, 9.17) is 16.3 Å². The lowest BCUT2D eigenvalue weighted by molar-refractivity contribution is 0.191. The molecule has 0 aromatic heterocycles. The molecule has 1 unspecified atom stereocenters. The predicted molar refractivity (Wildman–Crippen MR) is 65.8 cm³/mol. The molecule has 1 aromatic carbocycles. The second kappa shape index (κ2) is 5.99. The molecule has 3 heteroatoms. The highest BCUT2D eigenvalue weighted by Crippen LogP contribution is 2.23. The summed E-state index contributed by atoms with van der Waals surface area (Å²) in [6, 6.07) is 6.40. The number of benzene rings is 1. The maximum atomic E-state index is 6.11. The van der Waals surface area contributed by atoms with Crippen LogP contribution in [-0.2, 0) is 4.74 Å². The SMILES string of the molecule is COCCC(C)Nc1ccc(C)cc1Cl. The second-order valence-corrected chi connectivity index (χ2v) is 4.22. The van der Waals surface area contributed by atoms with Gasteiger partial charge < -0.3 is 10.1 Å². The molecule has 0 aliphatic heterocycles. The monoisotopic (exact) mass is 227 g/mol. The Morgan fingerprint density at radius 1 is 1.47 bits per heavy atom. The number of aryl methyl sites for hydroxylation is 1. The molecule has 0 saturated carbocycles. The van der Waals surface area contributed by atoms with Crippen LogP contribution in [-0.4, -0.2) is 19.8 Å². The number of ether oxygens (including phenoxy) is 1. The summed E-state index contributed by atoms with van der Waals surface area (Å²) in [4.78, 5) is 0. The van der Waals surface area contributed by atoms with Crippen LogP contribution >= 0.6 is 11.6 Å². The highest BCUT2D eigenvalue weighted by Gasteiger charge is 2.04. The smallest absolute Gasteiger partial charge is 0.0640 e. The van der Waals surface area contributed by atoms with Crippen molar-refractivity contribution in [2.45, 2.75) is 26.3 Å². The highest BCUT2D eigenvalue weighted by atomic mass is 35.5. The minimum absolute atomic E-state index is 0.366. The Balaban J connectivity index is 2.56. The first-order chi connectivity index (χ1) is 7.13. The topological polar surface area (TPSA) is 21.3 Å². The summed E-state index contributed by atoms with van der Waals surface area (Å²) < 4.78 is 5.03. The van der Waals surface area contributed by atoms with Crippen LogP contribution in [0, 0.1) is 6.92 Å². The van der Waals surface area contributed by atoms with Gasteiger partial charge in [0, 0.05) is 19.8 Å². The minimum Gasteiger partial charge on any atom is -0.385 e. The van der Waals surface area contributed by atoms with Crippen LogP contribution in [0.1, 0.15) is 18.9 Å². The van der Waals surface area contributed by atoms with E-state index in [0.29, 0.717) is 6.04 Å². The summed E-state index contributed by atoms with van der Waals surface area (Å²) in [6.45, 7) is 4.91. The van der Waals surface area contributed by atoms with E-state index in [0.717, 1.165) is 23.7 Å². The number of anilines is 1. The van der Waals surface area contributed by atoms with E-state index in [1.807, 2.05) is 19.1 Å². The van der Waals surface area contributed by atoms with Crippen molar-refractivity contribution in [2.24, 2.45) is 0 Å². The zero-order valence-corrected chi connectivity index (χ0v) is 10.3. The van der Waals surface area contributed by atoms with Gasteiger partial charge in [0.05, 0.1) is 10.7 Å². The molecule has 0 fully saturated rings. The van der Waals surface area contributed by atoms with Crippen LogP contribution in [0.25, 0.3) is 0 Å². The number of halogens is 1. The van der Waals surface area contributed by atoms with Crippen LogP contribution in [0.5, 0.6) is 0 Å². The van der Waals surface area contributed by atoms with E-state index in [9.17, 15) is 0 Å². The molecule has 0 amide bonds. The maximum Gasteiger partial charge on any atom is 0.0640 e. The van der Waals surface area contributed by atoms with E-state index in [2.05, 4.69) is 18.3 Å². The van der Waals surface area contributed by atoms with Gasteiger partial charge in [0.2, 0.25) is 0 Å². The fourth-order valence-electron chi connectivity index (χ4n) is 1.37. The van der Waals surface area contributed by atoms with E-state index in [1.54, 1.807) is 7.11 Å². The molecule has 1 rings (SSSR count). The van der Waals surface area contributed by atoms with Crippen molar-refractivity contribution >= 4 is 17.3 Å². The van der Waals surface area contributed by atoms with E-state index in [-0.39, 0.29) is 0 Å². The van der Waals surface area contributed by atoms with Crippen LogP contribution in [0.4, 0.5) is 5.69 Å². The zero-order chi connectivity index (χ0) is 11.3. The maximum absolute atomic E-state index is 6.11. The Bertz CT molecular complexity index is 314. The van der Waals surface area contributed by atoms with Crippen molar-refractivity contribution < 1.29 is 4.74 Å². The van der Waals surface area contributed by atoms with E-state index in [1.165, 1.54) is 5.56 Å². The molecule has 0 heterocycles. The highest BCUT2D eigenvalue weighted by molar-refractivity contribution is 6.33. The van der Waals surface area contributed by atoms with Crippen molar-refractivity contribution in [1.29, 1.82) is 0 Å². The van der Waals surface area contributed by atoms with Gasteiger partial charge in [-0.1, -0.05) is 17.7 Å². The van der Waals surface area contributed by atoms with Gasteiger partial charge in [-0.25, -0.2) is 0 Å². The summed E-state index contributed by atoms with van der Waals surface area (Å²) in [5, 5.41) is 4.14. The molecular weight excluding hydrogens is 210 g/mol. The van der Waals surface area contributed by atoms with Gasteiger partial charge in [-0.05, 0) is 38.0 Å². The lowest BCUT2D eigenvalue weighted by atomic mass is 10.2. The van der Waals surface area contributed by atoms with Crippen molar-refractivity contribution in [3.05, 3.63) is 28.8 Å². The quantitative estimate of drug-likeness (QED) is 0.832. The Labute approximate surface area is 96.6 Å². The van der Waals surface area contributed by atoms with E-state index < -0.39 is 0 Å². The minimum atomic E-state index is 0.366. The number of rotatable bonds is 5.